The van der Waals surface area contributed by atoms with Crippen molar-refractivity contribution in [2.24, 2.45) is 11.3 Å². The van der Waals surface area contributed by atoms with E-state index in [0.717, 1.165) is 24.0 Å². The van der Waals surface area contributed by atoms with Gasteiger partial charge in [-0.1, -0.05) is 75.7 Å². The number of aliphatic carboxylic acids is 1. The molecule has 0 heterocycles. The Morgan fingerprint density at radius 1 is 1.00 bits per heavy atom. The zero-order valence-corrected chi connectivity index (χ0v) is 20.5. The predicted molar refractivity (Wildman–Crippen MR) is 133 cm³/mol. The molecule has 1 fully saturated rings. The summed E-state index contributed by atoms with van der Waals surface area (Å²) in [5.74, 6) is -1.67. The Morgan fingerprint density at radius 2 is 1.60 bits per heavy atom. The van der Waals surface area contributed by atoms with Crippen molar-refractivity contribution in [3.63, 3.8) is 0 Å². The van der Waals surface area contributed by atoms with Crippen LogP contribution in [0.25, 0.3) is 11.1 Å². The van der Waals surface area contributed by atoms with Crippen LogP contribution in [0.2, 0.25) is 0 Å². The lowest BCUT2D eigenvalue weighted by Gasteiger charge is -2.32. The summed E-state index contributed by atoms with van der Waals surface area (Å²) < 4.78 is 5.65. The largest absolute Gasteiger partial charge is 0.480 e. The third-order valence-electron chi connectivity index (χ3n) is 7.11. The Bertz CT molecular complexity index is 1060. The monoisotopic (exact) mass is 478 g/mol. The highest BCUT2D eigenvalue weighted by atomic mass is 16.5. The lowest BCUT2D eigenvalue weighted by Crippen LogP contribution is -2.52. The Kier molecular flexibility index (Phi) is 7.15. The summed E-state index contributed by atoms with van der Waals surface area (Å²) in [4.78, 5) is 37.1. The fourth-order valence-corrected chi connectivity index (χ4v) is 5.27. The first-order chi connectivity index (χ1) is 16.6. The molecule has 3 N–H and O–H groups in total. The third kappa shape index (κ3) is 5.50. The molecule has 2 aromatic rings. The van der Waals surface area contributed by atoms with Crippen molar-refractivity contribution in [1.82, 2.24) is 10.6 Å². The van der Waals surface area contributed by atoms with Gasteiger partial charge in [0.25, 0.3) is 0 Å². The number of rotatable bonds is 6. The third-order valence-corrected chi connectivity index (χ3v) is 7.11. The van der Waals surface area contributed by atoms with Crippen LogP contribution in [-0.2, 0) is 14.3 Å². The van der Waals surface area contributed by atoms with Gasteiger partial charge in [0.15, 0.2) is 0 Å². The summed E-state index contributed by atoms with van der Waals surface area (Å²) in [7, 11) is 0. The Labute approximate surface area is 206 Å². The maximum absolute atomic E-state index is 12.8. The molecule has 0 aliphatic heterocycles. The van der Waals surface area contributed by atoms with Gasteiger partial charge in [0.1, 0.15) is 12.6 Å². The van der Waals surface area contributed by atoms with E-state index in [1.54, 1.807) is 20.8 Å². The average molecular weight is 479 g/mol. The van der Waals surface area contributed by atoms with E-state index >= 15 is 0 Å². The first kappa shape index (κ1) is 24.8. The summed E-state index contributed by atoms with van der Waals surface area (Å²) in [6.07, 6.45) is 2.18. The molecule has 2 aliphatic carbocycles. The van der Waals surface area contributed by atoms with Crippen molar-refractivity contribution < 1.29 is 24.2 Å². The zero-order valence-electron chi connectivity index (χ0n) is 20.5. The van der Waals surface area contributed by atoms with Crippen molar-refractivity contribution in [1.29, 1.82) is 0 Å². The molecule has 2 amide bonds. The quantitative estimate of drug-likeness (QED) is 0.558. The number of fused-ring (bicyclic) bond motifs is 3. The highest BCUT2D eigenvalue weighted by Crippen LogP contribution is 2.44. The molecule has 2 aliphatic rings. The van der Waals surface area contributed by atoms with E-state index in [9.17, 15) is 19.5 Å². The van der Waals surface area contributed by atoms with Crippen LogP contribution in [0.4, 0.5) is 4.79 Å². The van der Waals surface area contributed by atoms with E-state index < -0.39 is 23.5 Å². The fourth-order valence-electron chi connectivity index (χ4n) is 5.27. The fraction of sp³-hybridized carbons (Fsp3) is 0.464. The second-order valence-electron chi connectivity index (χ2n) is 10.7. The van der Waals surface area contributed by atoms with Crippen LogP contribution < -0.4 is 10.6 Å². The van der Waals surface area contributed by atoms with E-state index in [2.05, 4.69) is 34.9 Å². The Hall–Kier alpha value is -3.35. The number of alkyl carbamates (subject to hydrolysis) is 1. The number of carboxylic acid groups (broad SMARTS) is 1. The van der Waals surface area contributed by atoms with Gasteiger partial charge in [0, 0.05) is 17.9 Å². The summed E-state index contributed by atoms with van der Waals surface area (Å²) in [6.45, 7) is 5.60. The highest BCUT2D eigenvalue weighted by Gasteiger charge is 2.36. The summed E-state index contributed by atoms with van der Waals surface area (Å²) in [6, 6.07) is 15.2. The molecule has 0 unspecified atom stereocenters. The van der Waals surface area contributed by atoms with Gasteiger partial charge >= 0.3 is 12.1 Å². The topological polar surface area (TPSA) is 105 Å². The molecule has 0 spiro atoms. The van der Waals surface area contributed by atoms with Crippen LogP contribution >= 0.6 is 0 Å². The van der Waals surface area contributed by atoms with E-state index in [4.69, 9.17) is 4.74 Å². The van der Waals surface area contributed by atoms with Gasteiger partial charge < -0.3 is 20.5 Å². The maximum Gasteiger partial charge on any atom is 0.407 e. The molecular formula is C28H34N2O5. The number of nitrogens with one attached hydrogen (secondary N) is 2. The van der Waals surface area contributed by atoms with E-state index in [1.165, 1.54) is 11.1 Å². The Morgan fingerprint density at radius 3 is 2.17 bits per heavy atom. The van der Waals surface area contributed by atoms with Gasteiger partial charge in [-0.05, 0) is 46.9 Å². The molecule has 0 saturated heterocycles. The van der Waals surface area contributed by atoms with E-state index in [-0.39, 0.29) is 30.4 Å². The van der Waals surface area contributed by atoms with E-state index in [1.807, 2.05) is 24.3 Å². The standard InChI is InChI=1S/C28H34N2O5/c1-28(2,3)24(26(32)33)30-25(31)17-9-8-10-18(15-17)29-27(34)35-16-23-21-13-6-4-11-19(21)20-12-5-7-14-22(20)23/h4-7,11-14,17-18,23-24H,8-10,15-16H2,1-3H3,(H,29,34)(H,30,31)(H,32,33)/t17-,18+,24+/m1/s1. The minimum Gasteiger partial charge on any atom is -0.480 e. The Balaban J connectivity index is 1.33. The van der Waals surface area contributed by atoms with Gasteiger partial charge in [-0.15, -0.1) is 0 Å². The molecule has 186 valence electrons. The molecule has 1 saturated carbocycles. The second kappa shape index (κ2) is 10.1. The number of amides is 2. The number of carbonyl (C=O) groups excluding carboxylic acids is 2. The first-order valence-electron chi connectivity index (χ1n) is 12.3. The molecule has 7 nitrogen and oxygen atoms in total. The van der Waals surface area contributed by atoms with Crippen LogP contribution in [0.1, 0.15) is 63.5 Å². The molecule has 2 aromatic carbocycles. The van der Waals surface area contributed by atoms with Gasteiger partial charge in [-0.2, -0.15) is 0 Å². The summed E-state index contributed by atoms with van der Waals surface area (Å²) in [5, 5.41) is 15.1. The van der Waals surface area contributed by atoms with Crippen molar-refractivity contribution in [3.05, 3.63) is 59.7 Å². The second-order valence-corrected chi connectivity index (χ2v) is 10.7. The number of hydrogen-bond donors (Lipinski definition) is 3. The summed E-state index contributed by atoms with van der Waals surface area (Å²) in [5.41, 5.74) is 4.06. The molecule has 3 atom stereocenters. The average Bonchev–Trinajstić information content (AvgIpc) is 3.14. The van der Waals surface area contributed by atoms with Gasteiger partial charge in [0.05, 0.1) is 0 Å². The number of hydrogen-bond acceptors (Lipinski definition) is 4. The van der Waals surface area contributed by atoms with Gasteiger partial charge in [-0.25, -0.2) is 9.59 Å². The molecule has 4 rings (SSSR count). The van der Waals surface area contributed by atoms with E-state index in [0.29, 0.717) is 12.8 Å². The first-order valence-corrected chi connectivity index (χ1v) is 12.3. The molecule has 0 bridgehead atoms. The van der Waals surface area contributed by atoms with Crippen LogP contribution in [0, 0.1) is 11.3 Å². The molecule has 7 heteroatoms. The van der Waals surface area contributed by atoms with Crippen molar-refractivity contribution in [2.75, 3.05) is 6.61 Å². The van der Waals surface area contributed by atoms with Crippen molar-refractivity contribution >= 4 is 18.0 Å². The smallest absolute Gasteiger partial charge is 0.407 e. The van der Waals surface area contributed by atoms with Crippen LogP contribution in [-0.4, -0.2) is 41.8 Å². The molecule has 0 aromatic heterocycles. The maximum atomic E-state index is 12.8. The zero-order chi connectivity index (χ0) is 25.2. The highest BCUT2D eigenvalue weighted by molar-refractivity contribution is 5.85. The summed E-state index contributed by atoms with van der Waals surface area (Å²) >= 11 is 0. The SMILES string of the molecule is CC(C)(C)[C@@H](NC(=O)[C@@H]1CCC[C@H](NC(=O)OCC2c3ccccc3-c3ccccc32)C1)C(=O)O. The normalized spacial score (nSPS) is 20.3. The van der Waals surface area contributed by atoms with Crippen molar-refractivity contribution in [2.45, 2.75) is 64.5 Å². The minimum absolute atomic E-state index is 0.0108. The predicted octanol–water partition coefficient (Wildman–Crippen LogP) is 4.70. The molecule has 0 radical (unpaired) electrons. The van der Waals surface area contributed by atoms with Crippen molar-refractivity contribution in [3.8, 4) is 11.1 Å². The molecule has 35 heavy (non-hydrogen) atoms. The van der Waals surface area contributed by atoms with Gasteiger partial charge in [-0.3, -0.25) is 4.79 Å². The lowest BCUT2D eigenvalue weighted by molar-refractivity contribution is -0.145. The number of carbonyl (C=O) groups is 3. The van der Waals surface area contributed by atoms with Gasteiger partial charge in [0.2, 0.25) is 5.91 Å². The van der Waals surface area contributed by atoms with Crippen LogP contribution in [0.15, 0.2) is 48.5 Å². The number of ether oxygens (including phenoxy) is 1. The number of benzene rings is 2. The number of carboxylic acids is 1. The molecular weight excluding hydrogens is 444 g/mol. The lowest BCUT2D eigenvalue weighted by atomic mass is 9.83. The minimum atomic E-state index is -1.05. The van der Waals surface area contributed by atoms with Crippen LogP contribution in [0.5, 0.6) is 0 Å². The van der Waals surface area contributed by atoms with Crippen LogP contribution in [0.3, 0.4) is 0 Å².